The highest BCUT2D eigenvalue weighted by molar-refractivity contribution is 5.86. The van der Waals surface area contributed by atoms with Gasteiger partial charge in [-0.1, -0.05) is 5.10 Å². The summed E-state index contributed by atoms with van der Waals surface area (Å²) in [6.45, 7) is 1.66. The van der Waals surface area contributed by atoms with Gasteiger partial charge in [0.15, 0.2) is 5.69 Å². The van der Waals surface area contributed by atoms with Crippen molar-refractivity contribution >= 4 is 5.97 Å². The molecule has 0 aliphatic rings. The maximum absolute atomic E-state index is 10.8. The van der Waals surface area contributed by atoms with Gasteiger partial charge in [0.25, 0.3) is 5.95 Å². The van der Waals surface area contributed by atoms with E-state index in [-0.39, 0.29) is 5.69 Å². The van der Waals surface area contributed by atoms with E-state index in [9.17, 15) is 4.79 Å². The number of aromatic carboxylic acids is 1. The molecule has 1 N–H and O–H groups in total. The molecule has 2 aromatic heterocycles. The quantitative estimate of drug-likeness (QED) is 0.707. The van der Waals surface area contributed by atoms with Crippen molar-refractivity contribution in [1.29, 1.82) is 0 Å². The fraction of sp³-hybridized carbons (Fsp3) is 0.286. The summed E-state index contributed by atoms with van der Waals surface area (Å²) in [4.78, 5) is 10.8. The third-order valence-electron chi connectivity index (χ3n) is 1.90. The first kappa shape index (κ1) is 9.31. The van der Waals surface area contributed by atoms with Crippen molar-refractivity contribution in [1.82, 2.24) is 30.0 Å². The first-order chi connectivity index (χ1) is 7.09. The van der Waals surface area contributed by atoms with E-state index in [1.165, 1.54) is 9.36 Å². The number of carboxylic acid groups (broad SMARTS) is 1. The molecule has 0 bridgehead atoms. The lowest BCUT2D eigenvalue weighted by molar-refractivity contribution is 0.0689. The molecule has 15 heavy (non-hydrogen) atoms. The van der Waals surface area contributed by atoms with Crippen LogP contribution in [0.4, 0.5) is 0 Å². The minimum absolute atomic E-state index is 0.00185. The van der Waals surface area contributed by atoms with Gasteiger partial charge in [-0.3, -0.25) is 0 Å². The Labute approximate surface area is 84.1 Å². The molecule has 2 aromatic rings. The van der Waals surface area contributed by atoms with Crippen LogP contribution in [0.2, 0.25) is 0 Å². The normalized spacial score (nSPS) is 10.5. The molecule has 0 fully saturated rings. The Hall–Kier alpha value is -2.25. The van der Waals surface area contributed by atoms with Gasteiger partial charge in [-0.15, -0.1) is 0 Å². The molecule has 2 heterocycles. The standard InChI is InChI=1S/C7H8N6O2/c1-4-3-13(9-5(4)6(14)15)7-8-10-11-12(7)2/h3H,1-2H3,(H,14,15). The average molecular weight is 208 g/mol. The Morgan fingerprint density at radius 3 is 2.73 bits per heavy atom. The molecule has 0 amide bonds. The monoisotopic (exact) mass is 208 g/mol. The van der Waals surface area contributed by atoms with Gasteiger partial charge in [0.2, 0.25) is 0 Å². The van der Waals surface area contributed by atoms with Crippen LogP contribution in [0.1, 0.15) is 16.1 Å². The summed E-state index contributed by atoms with van der Waals surface area (Å²) < 4.78 is 2.73. The maximum atomic E-state index is 10.8. The van der Waals surface area contributed by atoms with Gasteiger partial charge in [-0.25, -0.2) is 14.2 Å². The predicted molar refractivity (Wildman–Crippen MR) is 47.6 cm³/mol. The largest absolute Gasteiger partial charge is 0.476 e. The smallest absolute Gasteiger partial charge is 0.356 e. The number of nitrogens with zero attached hydrogens (tertiary/aromatic N) is 6. The fourth-order valence-electron chi connectivity index (χ4n) is 1.19. The van der Waals surface area contributed by atoms with Crippen LogP contribution < -0.4 is 0 Å². The second kappa shape index (κ2) is 3.15. The van der Waals surface area contributed by atoms with Crippen molar-refractivity contribution in [2.45, 2.75) is 6.92 Å². The highest BCUT2D eigenvalue weighted by Gasteiger charge is 2.15. The number of aromatic nitrogens is 6. The molecule has 2 rings (SSSR count). The third kappa shape index (κ3) is 1.45. The van der Waals surface area contributed by atoms with E-state index >= 15 is 0 Å². The van der Waals surface area contributed by atoms with Gasteiger partial charge in [0, 0.05) is 18.8 Å². The first-order valence-electron chi connectivity index (χ1n) is 4.12. The highest BCUT2D eigenvalue weighted by Crippen LogP contribution is 2.08. The second-order valence-corrected chi connectivity index (χ2v) is 3.01. The van der Waals surface area contributed by atoms with Crippen LogP contribution in [-0.4, -0.2) is 41.1 Å². The average Bonchev–Trinajstić information content (AvgIpc) is 2.71. The Kier molecular flexibility index (Phi) is 1.96. The van der Waals surface area contributed by atoms with Crippen molar-refractivity contribution < 1.29 is 9.90 Å². The molecule has 0 atom stereocenters. The topological polar surface area (TPSA) is 98.7 Å². The van der Waals surface area contributed by atoms with Gasteiger partial charge in [-0.05, 0) is 17.4 Å². The minimum Gasteiger partial charge on any atom is -0.476 e. The van der Waals surface area contributed by atoms with Crippen molar-refractivity contribution in [2.24, 2.45) is 7.05 Å². The lowest BCUT2D eigenvalue weighted by Gasteiger charge is -1.95. The summed E-state index contributed by atoms with van der Waals surface area (Å²) in [5.41, 5.74) is 0.559. The van der Waals surface area contributed by atoms with Crippen LogP contribution >= 0.6 is 0 Å². The molecular formula is C7H8N6O2. The molecule has 0 spiro atoms. The molecule has 8 nitrogen and oxygen atoms in total. The first-order valence-corrected chi connectivity index (χ1v) is 4.12. The van der Waals surface area contributed by atoms with E-state index < -0.39 is 5.97 Å². The van der Waals surface area contributed by atoms with Crippen LogP contribution in [0, 0.1) is 6.92 Å². The molecule has 0 aromatic carbocycles. The molecule has 0 unspecified atom stereocenters. The van der Waals surface area contributed by atoms with E-state index in [2.05, 4.69) is 20.6 Å². The van der Waals surface area contributed by atoms with E-state index in [0.29, 0.717) is 11.5 Å². The third-order valence-corrected chi connectivity index (χ3v) is 1.90. The zero-order valence-corrected chi connectivity index (χ0v) is 8.12. The zero-order valence-electron chi connectivity index (χ0n) is 8.12. The molecule has 0 saturated heterocycles. The van der Waals surface area contributed by atoms with E-state index in [4.69, 9.17) is 5.11 Å². The maximum Gasteiger partial charge on any atom is 0.356 e. The summed E-state index contributed by atoms with van der Waals surface area (Å²) in [5, 5.41) is 23.4. The van der Waals surface area contributed by atoms with Gasteiger partial charge < -0.3 is 5.11 Å². The highest BCUT2D eigenvalue weighted by atomic mass is 16.4. The molecule has 0 saturated carbocycles. The van der Waals surface area contributed by atoms with Crippen LogP contribution in [-0.2, 0) is 7.05 Å². The molecular weight excluding hydrogens is 200 g/mol. The van der Waals surface area contributed by atoms with E-state index in [1.807, 2.05) is 0 Å². The number of carbonyl (C=O) groups is 1. The lowest BCUT2D eigenvalue weighted by Crippen LogP contribution is -2.06. The number of aryl methyl sites for hydroxylation is 2. The van der Waals surface area contributed by atoms with Gasteiger partial charge in [-0.2, -0.15) is 5.10 Å². The van der Waals surface area contributed by atoms with Crippen molar-refractivity contribution in [2.75, 3.05) is 0 Å². The minimum atomic E-state index is -1.07. The zero-order chi connectivity index (χ0) is 11.0. The van der Waals surface area contributed by atoms with Crippen molar-refractivity contribution in [3.8, 4) is 5.95 Å². The molecule has 0 aliphatic heterocycles. The van der Waals surface area contributed by atoms with Gasteiger partial charge in [0.05, 0.1) is 0 Å². The SMILES string of the molecule is Cc1cn(-c2nnnn2C)nc1C(=O)O. The number of tetrazole rings is 1. The summed E-state index contributed by atoms with van der Waals surface area (Å²) in [6.07, 6.45) is 1.56. The van der Waals surface area contributed by atoms with Crippen molar-refractivity contribution in [3.63, 3.8) is 0 Å². The Morgan fingerprint density at radius 1 is 1.53 bits per heavy atom. The molecule has 0 aliphatic carbocycles. The van der Waals surface area contributed by atoms with Crippen LogP contribution in [0.25, 0.3) is 5.95 Å². The molecule has 0 radical (unpaired) electrons. The summed E-state index contributed by atoms with van der Waals surface area (Å²) in [5.74, 6) is -0.702. The number of hydrogen-bond acceptors (Lipinski definition) is 5. The summed E-state index contributed by atoms with van der Waals surface area (Å²) in [7, 11) is 1.65. The van der Waals surface area contributed by atoms with Gasteiger partial charge in [0.1, 0.15) is 0 Å². The van der Waals surface area contributed by atoms with Crippen LogP contribution in [0.5, 0.6) is 0 Å². The lowest BCUT2D eigenvalue weighted by atomic mass is 10.3. The number of rotatable bonds is 2. The number of carboxylic acids is 1. The summed E-state index contributed by atoms with van der Waals surface area (Å²) >= 11 is 0. The van der Waals surface area contributed by atoms with E-state index in [0.717, 1.165) is 0 Å². The van der Waals surface area contributed by atoms with Gasteiger partial charge >= 0.3 is 5.97 Å². The summed E-state index contributed by atoms with van der Waals surface area (Å²) in [6, 6.07) is 0. The molecule has 78 valence electrons. The van der Waals surface area contributed by atoms with E-state index in [1.54, 1.807) is 20.2 Å². The molecule has 8 heteroatoms. The Bertz CT molecular complexity index is 513. The van der Waals surface area contributed by atoms with Crippen molar-refractivity contribution in [3.05, 3.63) is 17.5 Å². The Morgan fingerprint density at radius 2 is 2.27 bits per heavy atom. The number of hydrogen-bond donors (Lipinski definition) is 1. The van der Waals surface area contributed by atoms with Crippen LogP contribution in [0.3, 0.4) is 0 Å². The predicted octanol–water partition coefficient (Wildman–Crippen LogP) is -0.598. The van der Waals surface area contributed by atoms with Crippen LogP contribution in [0.15, 0.2) is 6.20 Å². The Balaban J connectivity index is 2.52. The fourth-order valence-corrected chi connectivity index (χ4v) is 1.19. The second-order valence-electron chi connectivity index (χ2n) is 3.01.